The van der Waals surface area contributed by atoms with Crippen molar-refractivity contribution in [3.8, 4) is 0 Å². The summed E-state index contributed by atoms with van der Waals surface area (Å²) in [6.45, 7) is 3.99. The lowest BCUT2D eigenvalue weighted by Gasteiger charge is -2.28. The molecule has 0 radical (unpaired) electrons. The number of nitrogens with zero attached hydrogens (tertiary/aromatic N) is 1. The van der Waals surface area contributed by atoms with Crippen LogP contribution in [0.5, 0.6) is 0 Å². The minimum atomic E-state index is -0.395. The van der Waals surface area contributed by atoms with Gasteiger partial charge in [-0.1, -0.05) is 31.2 Å². The van der Waals surface area contributed by atoms with Crippen LogP contribution in [-0.4, -0.2) is 56.5 Å². The van der Waals surface area contributed by atoms with Gasteiger partial charge >= 0.3 is 11.9 Å². The van der Waals surface area contributed by atoms with E-state index in [2.05, 4.69) is 11.8 Å². The summed E-state index contributed by atoms with van der Waals surface area (Å²) in [5, 5.41) is 0. The van der Waals surface area contributed by atoms with Crippen molar-refractivity contribution >= 4 is 29.9 Å². The van der Waals surface area contributed by atoms with Crippen molar-refractivity contribution in [2.45, 2.75) is 6.92 Å². The first-order chi connectivity index (χ1) is 14.9. The van der Waals surface area contributed by atoms with Gasteiger partial charge in [-0.15, -0.1) is 0 Å². The van der Waals surface area contributed by atoms with Crippen LogP contribution in [0.3, 0.4) is 0 Å². The average molecular weight is 419 g/mol. The molecule has 6 heteroatoms. The van der Waals surface area contributed by atoms with Gasteiger partial charge in [0.2, 0.25) is 0 Å². The Morgan fingerprint density at radius 3 is 1.52 bits per heavy atom. The average Bonchev–Trinajstić information content (AvgIpc) is 2.81. The van der Waals surface area contributed by atoms with Gasteiger partial charge in [-0.3, -0.25) is 9.69 Å². The molecule has 0 amide bonds. The van der Waals surface area contributed by atoms with E-state index in [-0.39, 0.29) is 5.78 Å². The van der Waals surface area contributed by atoms with Crippen LogP contribution in [0.2, 0.25) is 0 Å². The summed E-state index contributed by atoms with van der Waals surface area (Å²) in [6.07, 6.45) is 3.72. The number of methoxy groups -OCH3 is 2. The smallest absolute Gasteiger partial charge is 0.337 e. The molecule has 2 aromatic carbocycles. The number of carbonyl (C=O) groups is 3. The molecule has 0 unspecified atom stereocenters. The molecule has 31 heavy (non-hydrogen) atoms. The molecule has 1 aliphatic heterocycles. The molecule has 0 spiro atoms. The lowest BCUT2D eigenvalue weighted by atomic mass is 9.94. The van der Waals surface area contributed by atoms with Gasteiger partial charge in [0, 0.05) is 24.2 Å². The second-order valence-corrected chi connectivity index (χ2v) is 7.20. The van der Waals surface area contributed by atoms with E-state index in [0.29, 0.717) is 35.4 Å². The van der Waals surface area contributed by atoms with E-state index in [1.807, 2.05) is 12.2 Å². The zero-order valence-corrected chi connectivity index (χ0v) is 17.9. The molecule has 160 valence electrons. The normalized spacial score (nSPS) is 17.1. The number of ketones is 1. The Balaban J connectivity index is 1.87. The third-order valence-electron chi connectivity index (χ3n) is 5.16. The van der Waals surface area contributed by atoms with Gasteiger partial charge in [-0.05, 0) is 54.1 Å². The number of esters is 2. The van der Waals surface area contributed by atoms with E-state index < -0.39 is 11.9 Å². The molecule has 0 aliphatic carbocycles. The number of hydrogen-bond acceptors (Lipinski definition) is 6. The van der Waals surface area contributed by atoms with Crippen molar-refractivity contribution in [3.63, 3.8) is 0 Å². The molecule has 0 saturated carbocycles. The summed E-state index contributed by atoms with van der Waals surface area (Å²) < 4.78 is 9.44. The predicted octanol–water partition coefficient (Wildman–Crippen LogP) is 3.63. The van der Waals surface area contributed by atoms with E-state index in [4.69, 9.17) is 9.47 Å². The van der Waals surface area contributed by atoms with Crippen LogP contribution < -0.4 is 0 Å². The van der Waals surface area contributed by atoms with Crippen LogP contribution in [0.1, 0.15) is 38.8 Å². The molecule has 1 heterocycles. The van der Waals surface area contributed by atoms with Gasteiger partial charge in [0.1, 0.15) is 0 Å². The molecule has 0 atom stereocenters. The Kier molecular flexibility index (Phi) is 7.15. The standard InChI is InChI=1S/C25H25NO5/c1-4-26-15-21(13-17-5-9-19(10-6-17)24(28)30-2)23(27)22(16-26)14-18-7-11-20(12-8-18)25(29)31-3/h5-14H,4,15-16H2,1-3H3/b21-13-,22-14+. The summed E-state index contributed by atoms with van der Waals surface area (Å²) >= 11 is 0. The number of likely N-dealkylation sites (tertiary alicyclic amines) is 1. The van der Waals surface area contributed by atoms with Gasteiger partial charge in [-0.2, -0.15) is 0 Å². The molecule has 0 aromatic heterocycles. The quantitative estimate of drug-likeness (QED) is 0.544. The minimum Gasteiger partial charge on any atom is -0.465 e. The first kappa shape index (κ1) is 22.2. The maximum Gasteiger partial charge on any atom is 0.337 e. The summed E-state index contributed by atoms with van der Waals surface area (Å²) in [7, 11) is 2.68. The fraction of sp³-hybridized carbons (Fsp3) is 0.240. The Hall–Kier alpha value is -3.51. The molecule has 1 saturated heterocycles. The van der Waals surface area contributed by atoms with Crippen molar-refractivity contribution in [2.24, 2.45) is 0 Å². The monoisotopic (exact) mass is 419 g/mol. The maximum atomic E-state index is 13.1. The predicted molar refractivity (Wildman–Crippen MR) is 119 cm³/mol. The Morgan fingerprint density at radius 2 is 1.19 bits per heavy atom. The Labute approximate surface area is 181 Å². The molecule has 3 rings (SSSR count). The summed E-state index contributed by atoms with van der Waals surface area (Å²) in [5.74, 6) is -0.791. The van der Waals surface area contributed by atoms with Gasteiger partial charge in [0.05, 0.1) is 25.3 Å². The van der Waals surface area contributed by atoms with Gasteiger partial charge < -0.3 is 9.47 Å². The number of hydrogen-bond donors (Lipinski definition) is 0. The van der Waals surface area contributed by atoms with Gasteiger partial charge in [-0.25, -0.2) is 9.59 Å². The van der Waals surface area contributed by atoms with Crippen molar-refractivity contribution < 1.29 is 23.9 Å². The van der Waals surface area contributed by atoms with Crippen LogP contribution in [0.25, 0.3) is 12.2 Å². The van der Waals surface area contributed by atoms with Crippen molar-refractivity contribution in [1.82, 2.24) is 4.90 Å². The second-order valence-electron chi connectivity index (χ2n) is 7.20. The first-order valence-electron chi connectivity index (χ1n) is 10.00. The summed E-state index contributed by atoms with van der Waals surface area (Å²) in [4.78, 5) is 38.5. The van der Waals surface area contributed by atoms with E-state index in [9.17, 15) is 14.4 Å². The first-order valence-corrected chi connectivity index (χ1v) is 10.00. The Bertz CT molecular complexity index is 951. The maximum absolute atomic E-state index is 13.1. The number of rotatable bonds is 5. The molecule has 2 aromatic rings. The zero-order valence-electron chi connectivity index (χ0n) is 17.9. The molecule has 6 nitrogen and oxygen atoms in total. The van der Waals surface area contributed by atoms with Gasteiger partial charge in [0.25, 0.3) is 0 Å². The summed E-state index contributed by atoms with van der Waals surface area (Å²) in [6, 6.07) is 13.9. The largest absolute Gasteiger partial charge is 0.465 e. The highest BCUT2D eigenvalue weighted by Gasteiger charge is 2.25. The lowest BCUT2D eigenvalue weighted by Crippen LogP contribution is -2.37. The van der Waals surface area contributed by atoms with E-state index in [1.54, 1.807) is 48.5 Å². The van der Waals surface area contributed by atoms with Crippen LogP contribution in [0.15, 0.2) is 59.7 Å². The third kappa shape index (κ3) is 5.35. The fourth-order valence-electron chi connectivity index (χ4n) is 3.40. The molecular weight excluding hydrogens is 394 g/mol. The number of benzene rings is 2. The highest BCUT2D eigenvalue weighted by molar-refractivity contribution is 6.14. The van der Waals surface area contributed by atoms with Crippen LogP contribution >= 0.6 is 0 Å². The number of piperidine rings is 1. The highest BCUT2D eigenvalue weighted by atomic mass is 16.5. The highest BCUT2D eigenvalue weighted by Crippen LogP contribution is 2.22. The van der Waals surface area contributed by atoms with Crippen LogP contribution in [0.4, 0.5) is 0 Å². The van der Waals surface area contributed by atoms with E-state index >= 15 is 0 Å². The number of carbonyl (C=O) groups excluding carboxylic acids is 3. The molecule has 1 aliphatic rings. The number of likely N-dealkylation sites (N-methyl/N-ethyl adjacent to an activating group) is 1. The number of Topliss-reactive ketones (excluding diaryl/α,β-unsaturated/α-hetero) is 1. The molecular formula is C25H25NO5. The third-order valence-corrected chi connectivity index (χ3v) is 5.16. The topological polar surface area (TPSA) is 72.9 Å². The Morgan fingerprint density at radius 1 is 0.806 bits per heavy atom. The minimum absolute atomic E-state index is 0.00112. The SMILES string of the molecule is CCN1C/C(=C/c2ccc(C(=O)OC)cc2)C(=O)/C(=C/c2ccc(C(=O)OC)cc2)C1. The van der Waals surface area contributed by atoms with Gasteiger partial charge in [0.15, 0.2) is 5.78 Å². The zero-order chi connectivity index (χ0) is 22.4. The van der Waals surface area contributed by atoms with Crippen molar-refractivity contribution in [3.05, 3.63) is 81.9 Å². The van der Waals surface area contributed by atoms with Crippen molar-refractivity contribution in [2.75, 3.05) is 33.9 Å². The second kappa shape index (κ2) is 10.00. The van der Waals surface area contributed by atoms with E-state index in [0.717, 1.165) is 17.7 Å². The molecule has 1 fully saturated rings. The van der Waals surface area contributed by atoms with Crippen LogP contribution in [-0.2, 0) is 14.3 Å². The van der Waals surface area contributed by atoms with E-state index in [1.165, 1.54) is 14.2 Å². The molecule has 0 bridgehead atoms. The van der Waals surface area contributed by atoms with Crippen LogP contribution in [0, 0.1) is 0 Å². The summed E-state index contributed by atoms with van der Waals surface area (Å²) in [5.41, 5.74) is 4.00. The fourth-order valence-corrected chi connectivity index (χ4v) is 3.40. The number of ether oxygens (including phenoxy) is 2. The molecule has 0 N–H and O–H groups in total. The van der Waals surface area contributed by atoms with Crippen molar-refractivity contribution in [1.29, 1.82) is 0 Å². The lowest BCUT2D eigenvalue weighted by molar-refractivity contribution is -0.113.